The molecule has 0 aromatic heterocycles. The van der Waals surface area contributed by atoms with Crippen LogP contribution in [0.2, 0.25) is 0 Å². The summed E-state index contributed by atoms with van der Waals surface area (Å²) in [5.74, 6) is -0.0523. The Morgan fingerprint density at radius 1 is 1.57 bits per heavy atom. The van der Waals surface area contributed by atoms with Crippen molar-refractivity contribution in [1.29, 1.82) is 0 Å². The monoisotopic (exact) mass is 304 g/mol. The van der Waals surface area contributed by atoms with Crippen molar-refractivity contribution in [2.75, 3.05) is 13.1 Å². The number of nitrogens with one attached hydrogen (secondary N) is 1. The van der Waals surface area contributed by atoms with E-state index in [0.717, 1.165) is 14.7 Å². The Hall–Kier alpha value is -0.620. The molecule has 0 spiro atoms. The summed E-state index contributed by atoms with van der Waals surface area (Å²) in [6.45, 7) is 2.97. The first-order valence-electron chi connectivity index (χ1n) is 4.40. The van der Waals surface area contributed by atoms with Gasteiger partial charge in [-0.2, -0.15) is 0 Å². The molecule has 1 rings (SSSR count). The Labute approximate surface area is 97.2 Å². The van der Waals surface area contributed by atoms with E-state index in [1.807, 2.05) is 25.1 Å². The zero-order valence-electron chi connectivity index (χ0n) is 8.01. The topological polar surface area (TPSA) is 55.1 Å². The number of hydrogen-bond donors (Lipinski definition) is 2. The van der Waals surface area contributed by atoms with Gasteiger partial charge in [-0.05, 0) is 41.1 Å². The van der Waals surface area contributed by atoms with E-state index < -0.39 is 0 Å². The van der Waals surface area contributed by atoms with Crippen molar-refractivity contribution in [2.24, 2.45) is 5.73 Å². The van der Waals surface area contributed by atoms with Crippen LogP contribution in [0.1, 0.15) is 15.9 Å². The third-order valence-electron chi connectivity index (χ3n) is 1.87. The highest BCUT2D eigenvalue weighted by Crippen LogP contribution is 2.16. The van der Waals surface area contributed by atoms with Gasteiger partial charge in [0.1, 0.15) is 0 Å². The molecular formula is C10H13IN2O. The van der Waals surface area contributed by atoms with Crippen molar-refractivity contribution >= 4 is 28.5 Å². The maximum Gasteiger partial charge on any atom is 0.252 e. The van der Waals surface area contributed by atoms with Crippen LogP contribution in [-0.2, 0) is 0 Å². The van der Waals surface area contributed by atoms with Gasteiger partial charge in [-0.3, -0.25) is 4.79 Å². The zero-order valence-corrected chi connectivity index (χ0v) is 10.2. The molecule has 0 fully saturated rings. The van der Waals surface area contributed by atoms with Crippen LogP contribution in [0.25, 0.3) is 0 Å². The second-order valence-corrected chi connectivity index (χ2v) is 4.06. The molecular weight excluding hydrogens is 291 g/mol. The molecule has 3 nitrogen and oxygen atoms in total. The predicted molar refractivity (Wildman–Crippen MR) is 65.3 cm³/mol. The minimum absolute atomic E-state index is 0.0523. The Balaban J connectivity index is 2.84. The molecule has 0 heterocycles. The number of rotatable bonds is 3. The molecule has 14 heavy (non-hydrogen) atoms. The van der Waals surface area contributed by atoms with Gasteiger partial charge in [0.05, 0.1) is 5.56 Å². The van der Waals surface area contributed by atoms with Gasteiger partial charge in [-0.1, -0.05) is 12.1 Å². The molecule has 0 saturated carbocycles. The highest BCUT2D eigenvalue weighted by Gasteiger charge is 2.09. The molecule has 0 radical (unpaired) electrons. The first kappa shape index (κ1) is 11.5. The van der Waals surface area contributed by atoms with Crippen molar-refractivity contribution in [3.05, 3.63) is 32.9 Å². The summed E-state index contributed by atoms with van der Waals surface area (Å²) in [4.78, 5) is 11.6. The second kappa shape index (κ2) is 5.31. The van der Waals surface area contributed by atoms with E-state index in [2.05, 4.69) is 27.9 Å². The van der Waals surface area contributed by atoms with Crippen LogP contribution in [0.3, 0.4) is 0 Å². The lowest BCUT2D eigenvalue weighted by atomic mass is 10.1. The lowest BCUT2D eigenvalue weighted by Gasteiger charge is -2.07. The van der Waals surface area contributed by atoms with E-state index in [0.29, 0.717) is 13.1 Å². The third kappa shape index (κ3) is 2.68. The first-order chi connectivity index (χ1) is 6.66. The SMILES string of the molecule is Cc1cccc(C(=O)NCCN)c1I. The van der Waals surface area contributed by atoms with Crippen LogP contribution >= 0.6 is 22.6 Å². The van der Waals surface area contributed by atoms with Crippen LogP contribution in [0, 0.1) is 10.5 Å². The van der Waals surface area contributed by atoms with E-state index in [9.17, 15) is 4.79 Å². The highest BCUT2D eigenvalue weighted by molar-refractivity contribution is 14.1. The van der Waals surface area contributed by atoms with Gasteiger partial charge in [-0.25, -0.2) is 0 Å². The maximum atomic E-state index is 11.6. The average Bonchev–Trinajstić information content (AvgIpc) is 2.18. The van der Waals surface area contributed by atoms with Crippen LogP contribution in [0.15, 0.2) is 18.2 Å². The molecule has 0 bridgehead atoms. The number of carbonyl (C=O) groups excluding carboxylic acids is 1. The van der Waals surface area contributed by atoms with Crippen molar-refractivity contribution < 1.29 is 4.79 Å². The zero-order chi connectivity index (χ0) is 10.6. The van der Waals surface area contributed by atoms with Gasteiger partial charge in [-0.15, -0.1) is 0 Å². The number of carbonyl (C=O) groups is 1. The van der Waals surface area contributed by atoms with E-state index in [1.165, 1.54) is 0 Å². The van der Waals surface area contributed by atoms with Crippen LogP contribution < -0.4 is 11.1 Å². The number of amides is 1. The number of nitrogens with two attached hydrogens (primary N) is 1. The van der Waals surface area contributed by atoms with Crippen LogP contribution in [-0.4, -0.2) is 19.0 Å². The quantitative estimate of drug-likeness (QED) is 0.827. The maximum absolute atomic E-state index is 11.6. The molecule has 0 aliphatic heterocycles. The van der Waals surface area contributed by atoms with E-state index in [4.69, 9.17) is 5.73 Å². The average molecular weight is 304 g/mol. The van der Waals surface area contributed by atoms with Crippen molar-refractivity contribution in [3.63, 3.8) is 0 Å². The van der Waals surface area contributed by atoms with Crippen molar-refractivity contribution in [3.8, 4) is 0 Å². The second-order valence-electron chi connectivity index (χ2n) is 2.98. The number of aryl methyl sites for hydroxylation is 1. The summed E-state index contributed by atoms with van der Waals surface area (Å²) in [5.41, 5.74) is 7.14. The van der Waals surface area contributed by atoms with E-state index in [-0.39, 0.29) is 5.91 Å². The minimum Gasteiger partial charge on any atom is -0.351 e. The summed E-state index contributed by atoms with van der Waals surface area (Å²) in [5, 5.41) is 2.75. The molecule has 0 aliphatic rings. The summed E-state index contributed by atoms with van der Waals surface area (Å²) in [6, 6.07) is 5.69. The van der Waals surface area contributed by atoms with Gasteiger partial charge >= 0.3 is 0 Å². The summed E-state index contributed by atoms with van der Waals surface area (Å²) >= 11 is 2.18. The normalized spacial score (nSPS) is 9.93. The molecule has 1 aromatic carbocycles. The molecule has 1 aromatic rings. The molecule has 1 amide bonds. The standard InChI is InChI=1S/C10H13IN2O/c1-7-3-2-4-8(9(7)11)10(14)13-6-5-12/h2-4H,5-6,12H2,1H3,(H,13,14). The van der Waals surface area contributed by atoms with Gasteiger partial charge in [0.15, 0.2) is 0 Å². The number of halogens is 1. The summed E-state index contributed by atoms with van der Waals surface area (Å²) in [6.07, 6.45) is 0. The predicted octanol–water partition coefficient (Wildman–Crippen LogP) is 1.29. The molecule has 4 heteroatoms. The fourth-order valence-electron chi connectivity index (χ4n) is 1.10. The molecule has 0 unspecified atom stereocenters. The Morgan fingerprint density at radius 2 is 2.29 bits per heavy atom. The van der Waals surface area contributed by atoms with Crippen LogP contribution in [0.4, 0.5) is 0 Å². The van der Waals surface area contributed by atoms with Gasteiger partial charge in [0, 0.05) is 16.7 Å². The summed E-state index contributed by atoms with van der Waals surface area (Å²) < 4.78 is 1.000. The Kier molecular flexibility index (Phi) is 4.34. The van der Waals surface area contributed by atoms with Crippen LogP contribution in [0.5, 0.6) is 0 Å². The van der Waals surface area contributed by atoms with Crippen molar-refractivity contribution in [2.45, 2.75) is 6.92 Å². The van der Waals surface area contributed by atoms with E-state index >= 15 is 0 Å². The molecule has 0 saturated heterocycles. The number of benzene rings is 1. The van der Waals surface area contributed by atoms with Crippen molar-refractivity contribution in [1.82, 2.24) is 5.32 Å². The van der Waals surface area contributed by atoms with Gasteiger partial charge in [0.25, 0.3) is 5.91 Å². The van der Waals surface area contributed by atoms with E-state index in [1.54, 1.807) is 0 Å². The number of hydrogen-bond acceptors (Lipinski definition) is 2. The fraction of sp³-hybridized carbons (Fsp3) is 0.300. The lowest BCUT2D eigenvalue weighted by Crippen LogP contribution is -2.29. The first-order valence-corrected chi connectivity index (χ1v) is 5.48. The fourth-order valence-corrected chi connectivity index (χ4v) is 1.71. The minimum atomic E-state index is -0.0523. The van der Waals surface area contributed by atoms with Gasteiger partial charge in [0.2, 0.25) is 0 Å². The Bertz CT molecular complexity index is 339. The summed E-state index contributed by atoms with van der Waals surface area (Å²) in [7, 11) is 0. The molecule has 3 N–H and O–H groups in total. The molecule has 0 aliphatic carbocycles. The smallest absolute Gasteiger partial charge is 0.252 e. The Morgan fingerprint density at radius 3 is 2.93 bits per heavy atom. The largest absolute Gasteiger partial charge is 0.351 e. The molecule has 76 valence electrons. The highest BCUT2D eigenvalue weighted by atomic mass is 127. The molecule has 0 atom stereocenters. The lowest BCUT2D eigenvalue weighted by molar-refractivity contribution is 0.0954. The third-order valence-corrected chi connectivity index (χ3v) is 3.30. The van der Waals surface area contributed by atoms with Gasteiger partial charge < -0.3 is 11.1 Å².